The zero-order valence-corrected chi connectivity index (χ0v) is 13.0. The summed E-state index contributed by atoms with van der Waals surface area (Å²) in [4.78, 5) is 15.2. The largest absolute Gasteiger partial charge is 0.354 e. The average Bonchev–Trinajstić information content (AvgIpc) is 3.14. The first-order valence-electron chi connectivity index (χ1n) is 7.57. The van der Waals surface area contributed by atoms with Gasteiger partial charge in [-0.05, 0) is 25.2 Å². The average molecular weight is 278 g/mol. The predicted molar refractivity (Wildman–Crippen MR) is 83.4 cm³/mol. The van der Waals surface area contributed by atoms with Gasteiger partial charge in [-0.1, -0.05) is 20.3 Å². The number of nitrogens with zero attached hydrogens (tertiary/aromatic N) is 4. The molecule has 0 aliphatic heterocycles. The van der Waals surface area contributed by atoms with Crippen LogP contribution >= 0.6 is 0 Å². The van der Waals surface area contributed by atoms with Crippen LogP contribution in [0.5, 0.6) is 0 Å². The van der Waals surface area contributed by atoms with Crippen molar-refractivity contribution in [3.63, 3.8) is 0 Å². The highest BCUT2D eigenvalue weighted by molar-refractivity contribution is 5.44. The molecule has 6 nitrogen and oxygen atoms in total. The van der Waals surface area contributed by atoms with Gasteiger partial charge in [-0.15, -0.1) is 0 Å². The molecule has 1 heterocycles. The van der Waals surface area contributed by atoms with Crippen LogP contribution in [-0.2, 0) is 0 Å². The van der Waals surface area contributed by atoms with Gasteiger partial charge in [-0.2, -0.15) is 15.0 Å². The highest BCUT2D eigenvalue weighted by atomic mass is 15.3. The van der Waals surface area contributed by atoms with Crippen molar-refractivity contribution in [3.8, 4) is 0 Å². The highest BCUT2D eigenvalue weighted by Gasteiger charge is 2.36. The fourth-order valence-corrected chi connectivity index (χ4v) is 2.23. The molecular weight excluding hydrogens is 252 g/mol. The van der Waals surface area contributed by atoms with Crippen LogP contribution < -0.4 is 15.5 Å². The molecule has 0 spiro atoms. The smallest absolute Gasteiger partial charge is 0.231 e. The Bertz CT molecular complexity index is 434. The monoisotopic (exact) mass is 278 g/mol. The van der Waals surface area contributed by atoms with Crippen molar-refractivity contribution in [1.29, 1.82) is 0 Å². The standard InChI is InChI=1S/C14H26N6/c1-5-7-10-9-11(10)16-13-17-12(15-8-6-2)18-14(19-13)20(3)4/h10-11H,5-9H2,1-4H3,(H2,15,16,17,18,19). The van der Waals surface area contributed by atoms with E-state index in [0.717, 1.165) is 18.9 Å². The Balaban J connectivity index is 2.05. The summed E-state index contributed by atoms with van der Waals surface area (Å²) in [6.07, 6.45) is 4.80. The molecule has 2 unspecified atom stereocenters. The predicted octanol–water partition coefficient (Wildman–Crippen LogP) is 2.36. The van der Waals surface area contributed by atoms with Gasteiger partial charge in [0.25, 0.3) is 0 Å². The topological polar surface area (TPSA) is 66.0 Å². The van der Waals surface area contributed by atoms with E-state index in [1.54, 1.807) is 0 Å². The molecule has 0 amide bonds. The van der Waals surface area contributed by atoms with E-state index in [2.05, 4.69) is 39.4 Å². The lowest BCUT2D eigenvalue weighted by atomic mass is 10.2. The third-order valence-electron chi connectivity index (χ3n) is 3.45. The van der Waals surface area contributed by atoms with Crippen molar-refractivity contribution in [2.45, 2.75) is 45.6 Å². The summed E-state index contributed by atoms with van der Waals surface area (Å²) in [7, 11) is 3.89. The molecule has 1 fully saturated rings. The van der Waals surface area contributed by atoms with E-state index >= 15 is 0 Å². The third-order valence-corrected chi connectivity index (χ3v) is 3.45. The SMILES string of the molecule is CCCNc1nc(NC2CC2CCC)nc(N(C)C)n1. The van der Waals surface area contributed by atoms with Crippen LogP contribution in [-0.4, -0.2) is 41.6 Å². The van der Waals surface area contributed by atoms with Crippen LogP contribution in [0.15, 0.2) is 0 Å². The summed E-state index contributed by atoms with van der Waals surface area (Å²) >= 11 is 0. The molecule has 2 rings (SSSR count). The zero-order valence-electron chi connectivity index (χ0n) is 13.0. The lowest BCUT2D eigenvalue weighted by Gasteiger charge is -2.14. The maximum absolute atomic E-state index is 4.47. The van der Waals surface area contributed by atoms with E-state index in [1.807, 2.05) is 19.0 Å². The molecule has 1 aromatic heterocycles. The summed E-state index contributed by atoms with van der Waals surface area (Å²) in [6, 6.07) is 0.534. The van der Waals surface area contributed by atoms with Crippen molar-refractivity contribution < 1.29 is 0 Å². The van der Waals surface area contributed by atoms with Gasteiger partial charge in [0, 0.05) is 26.7 Å². The quantitative estimate of drug-likeness (QED) is 0.761. The van der Waals surface area contributed by atoms with Crippen molar-refractivity contribution in [2.24, 2.45) is 5.92 Å². The molecule has 0 bridgehead atoms. The Morgan fingerprint density at radius 3 is 2.50 bits per heavy atom. The van der Waals surface area contributed by atoms with Gasteiger partial charge in [-0.3, -0.25) is 0 Å². The minimum Gasteiger partial charge on any atom is -0.354 e. The van der Waals surface area contributed by atoms with Gasteiger partial charge in [0.05, 0.1) is 0 Å². The Labute approximate surface area is 121 Å². The third kappa shape index (κ3) is 3.95. The number of rotatable bonds is 8. The van der Waals surface area contributed by atoms with Crippen LogP contribution in [0.4, 0.5) is 17.8 Å². The first-order valence-corrected chi connectivity index (χ1v) is 7.57. The minimum atomic E-state index is 0.534. The van der Waals surface area contributed by atoms with Gasteiger partial charge in [0.2, 0.25) is 17.8 Å². The summed E-state index contributed by atoms with van der Waals surface area (Å²) < 4.78 is 0. The van der Waals surface area contributed by atoms with Crippen LogP contribution in [0.2, 0.25) is 0 Å². The molecule has 2 N–H and O–H groups in total. The zero-order chi connectivity index (χ0) is 14.5. The lowest BCUT2D eigenvalue weighted by molar-refractivity contribution is 0.691. The molecule has 1 aliphatic carbocycles. The maximum atomic E-state index is 4.47. The van der Waals surface area contributed by atoms with E-state index in [1.165, 1.54) is 19.3 Å². The van der Waals surface area contributed by atoms with Gasteiger partial charge in [-0.25, -0.2) is 0 Å². The van der Waals surface area contributed by atoms with Crippen molar-refractivity contribution in [2.75, 3.05) is 36.2 Å². The lowest BCUT2D eigenvalue weighted by Crippen LogP contribution is -2.18. The molecule has 1 saturated carbocycles. The molecular formula is C14H26N6. The fraction of sp³-hybridized carbons (Fsp3) is 0.786. The number of hydrogen-bond acceptors (Lipinski definition) is 6. The van der Waals surface area contributed by atoms with E-state index in [0.29, 0.717) is 23.9 Å². The Kier molecular flexibility index (Phi) is 4.98. The van der Waals surface area contributed by atoms with Crippen LogP contribution in [0, 0.1) is 5.92 Å². The van der Waals surface area contributed by atoms with Gasteiger partial charge < -0.3 is 15.5 Å². The van der Waals surface area contributed by atoms with E-state index in [4.69, 9.17) is 0 Å². The van der Waals surface area contributed by atoms with Gasteiger partial charge in [0.15, 0.2) is 0 Å². The second kappa shape index (κ2) is 6.72. The normalized spacial score (nSPS) is 20.6. The first kappa shape index (κ1) is 14.8. The van der Waals surface area contributed by atoms with E-state index in [-0.39, 0.29) is 0 Å². The fourth-order valence-electron chi connectivity index (χ4n) is 2.23. The van der Waals surface area contributed by atoms with Crippen LogP contribution in [0.1, 0.15) is 39.5 Å². The Morgan fingerprint density at radius 1 is 1.10 bits per heavy atom. The van der Waals surface area contributed by atoms with Gasteiger partial charge in [0.1, 0.15) is 0 Å². The second-order valence-corrected chi connectivity index (χ2v) is 5.64. The summed E-state index contributed by atoms with van der Waals surface area (Å²) in [6.45, 7) is 5.23. The molecule has 20 heavy (non-hydrogen) atoms. The van der Waals surface area contributed by atoms with Gasteiger partial charge >= 0.3 is 0 Å². The van der Waals surface area contributed by atoms with Crippen molar-refractivity contribution in [3.05, 3.63) is 0 Å². The second-order valence-electron chi connectivity index (χ2n) is 5.64. The summed E-state index contributed by atoms with van der Waals surface area (Å²) in [5.41, 5.74) is 0. The molecule has 0 aromatic carbocycles. The molecule has 0 saturated heterocycles. The van der Waals surface area contributed by atoms with Crippen LogP contribution in [0.3, 0.4) is 0 Å². The molecule has 1 aromatic rings. The van der Waals surface area contributed by atoms with Crippen molar-refractivity contribution in [1.82, 2.24) is 15.0 Å². The first-order chi connectivity index (χ1) is 9.63. The maximum Gasteiger partial charge on any atom is 0.231 e. The molecule has 112 valence electrons. The van der Waals surface area contributed by atoms with Crippen LogP contribution in [0.25, 0.3) is 0 Å². The minimum absolute atomic E-state index is 0.534. The molecule has 0 radical (unpaired) electrons. The summed E-state index contributed by atoms with van der Waals surface area (Å²) in [5, 5.41) is 6.67. The molecule has 2 atom stereocenters. The van der Waals surface area contributed by atoms with E-state index in [9.17, 15) is 0 Å². The summed E-state index contributed by atoms with van der Waals surface area (Å²) in [5.74, 6) is 2.81. The van der Waals surface area contributed by atoms with Crippen molar-refractivity contribution >= 4 is 17.8 Å². The molecule has 6 heteroatoms. The molecule has 1 aliphatic rings. The van der Waals surface area contributed by atoms with E-state index < -0.39 is 0 Å². The number of hydrogen-bond donors (Lipinski definition) is 2. The number of anilines is 3. The number of aromatic nitrogens is 3. The Hall–Kier alpha value is -1.59. The Morgan fingerprint density at radius 2 is 1.85 bits per heavy atom. The number of nitrogens with one attached hydrogen (secondary N) is 2. The highest BCUT2D eigenvalue weighted by Crippen LogP contribution is 2.36.